The summed E-state index contributed by atoms with van der Waals surface area (Å²) in [7, 11) is 0. The lowest BCUT2D eigenvalue weighted by molar-refractivity contribution is -0.130. The Kier molecular flexibility index (Phi) is 5.16. The molecule has 2 heterocycles. The van der Waals surface area contributed by atoms with E-state index in [-0.39, 0.29) is 17.8 Å². The molecule has 0 unspecified atom stereocenters. The van der Waals surface area contributed by atoms with Crippen LogP contribution in [-0.4, -0.2) is 54.0 Å². The number of piperidine rings is 2. The number of para-hydroxylation sites is 1. The second kappa shape index (κ2) is 7.30. The number of carbonyl (C=O) groups excluding carboxylic acids is 1. The van der Waals surface area contributed by atoms with Gasteiger partial charge in [0, 0.05) is 39.1 Å². The number of likely N-dealkylation sites (tertiary alicyclic amines) is 2. The largest absolute Gasteiger partial charge is 0.487 e. The first-order chi connectivity index (χ1) is 11.1. The molecule has 0 saturated carbocycles. The van der Waals surface area contributed by atoms with Gasteiger partial charge in [0.15, 0.2) is 11.6 Å². The average Bonchev–Trinajstić information content (AvgIpc) is 2.58. The Balaban J connectivity index is 1.46. The molecule has 0 spiro atoms. The zero-order valence-electron chi connectivity index (χ0n) is 13.7. The Bertz CT molecular complexity index is 536. The molecule has 0 bridgehead atoms. The highest BCUT2D eigenvalue weighted by Crippen LogP contribution is 2.25. The average molecular weight is 320 g/mol. The number of carbonyl (C=O) groups is 1. The smallest absolute Gasteiger partial charge is 0.219 e. The maximum absolute atomic E-state index is 13.6. The van der Waals surface area contributed by atoms with E-state index in [0.29, 0.717) is 11.8 Å². The molecule has 0 aromatic heterocycles. The summed E-state index contributed by atoms with van der Waals surface area (Å²) in [4.78, 5) is 15.8. The first-order valence-electron chi connectivity index (χ1n) is 8.54. The van der Waals surface area contributed by atoms with Crippen LogP contribution in [-0.2, 0) is 4.79 Å². The number of benzene rings is 1. The first kappa shape index (κ1) is 16.2. The second-order valence-corrected chi connectivity index (χ2v) is 6.52. The van der Waals surface area contributed by atoms with Crippen molar-refractivity contribution in [1.82, 2.24) is 9.80 Å². The molecule has 2 saturated heterocycles. The Morgan fingerprint density at radius 1 is 1.09 bits per heavy atom. The van der Waals surface area contributed by atoms with E-state index >= 15 is 0 Å². The lowest BCUT2D eigenvalue weighted by atomic mass is 9.99. The number of hydrogen-bond acceptors (Lipinski definition) is 3. The molecular formula is C18H25FN2O2. The fourth-order valence-corrected chi connectivity index (χ4v) is 3.62. The van der Waals surface area contributed by atoms with Crippen molar-refractivity contribution in [3.05, 3.63) is 30.1 Å². The monoisotopic (exact) mass is 320 g/mol. The summed E-state index contributed by atoms with van der Waals surface area (Å²) in [5.74, 6) is 0.257. The van der Waals surface area contributed by atoms with Crippen LogP contribution in [0.5, 0.6) is 5.75 Å². The van der Waals surface area contributed by atoms with Gasteiger partial charge in [-0.1, -0.05) is 12.1 Å². The molecule has 2 fully saturated rings. The molecule has 1 aromatic rings. The number of halogens is 1. The van der Waals surface area contributed by atoms with E-state index in [1.54, 1.807) is 25.1 Å². The van der Waals surface area contributed by atoms with E-state index in [0.717, 1.165) is 51.9 Å². The predicted octanol–water partition coefficient (Wildman–Crippen LogP) is 2.68. The first-order valence-corrected chi connectivity index (χ1v) is 8.54. The number of hydrogen-bond donors (Lipinski definition) is 0. The molecular weight excluding hydrogens is 295 g/mol. The lowest BCUT2D eigenvalue weighted by Crippen LogP contribution is -2.49. The van der Waals surface area contributed by atoms with Crippen LogP contribution in [0.15, 0.2) is 24.3 Å². The van der Waals surface area contributed by atoms with Gasteiger partial charge >= 0.3 is 0 Å². The van der Waals surface area contributed by atoms with Crippen molar-refractivity contribution < 1.29 is 13.9 Å². The van der Waals surface area contributed by atoms with Crippen LogP contribution < -0.4 is 4.74 Å². The summed E-state index contributed by atoms with van der Waals surface area (Å²) >= 11 is 0. The predicted molar refractivity (Wildman–Crippen MR) is 86.9 cm³/mol. The fourth-order valence-electron chi connectivity index (χ4n) is 3.62. The summed E-state index contributed by atoms with van der Waals surface area (Å²) in [6.07, 6.45) is 4.07. The van der Waals surface area contributed by atoms with E-state index < -0.39 is 0 Å². The van der Waals surface area contributed by atoms with Crippen LogP contribution >= 0.6 is 0 Å². The number of ether oxygens (including phenoxy) is 1. The summed E-state index contributed by atoms with van der Waals surface area (Å²) in [6.45, 7) is 5.36. The number of amides is 1. The highest BCUT2D eigenvalue weighted by atomic mass is 19.1. The zero-order chi connectivity index (χ0) is 16.2. The van der Waals surface area contributed by atoms with Gasteiger partial charge in [-0.05, 0) is 37.8 Å². The third-order valence-corrected chi connectivity index (χ3v) is 5.03. The van der Waals surface area contributed by atoms with Gasteiger partial charge in [0.2, 0.25) is 5.91 Å². The van der Waals surface area contributed by atoms with Crippen molar-refractivity contribution in [2.45, 2.75) is 44.8 Å². The highest BCUT2D eigenvalue weighted by Gasteiger charge is 2.29. The van der Waals surface area contributed by atoms with Gasteiger partial charge in [-0.2, -0.15) is 0 Å². The third-order valence-electron chi connectivity index (χ3n) is 5.03. The van der Waals surface area contributed by atoms with Gasteiger partial charge in [0.05, 0.1) is 0 Å². The lowest BCUT2D eigenvalue weighted by Gasteiger charge is -2.41. The molecule has 5 heteroatoms. The SMILES string of the molecule is CC(=O)N1CCC(N2CCC(Oc3ccccc3F)CC2)CC1. The molecule has 2 aliphatic heterocycles. The molecule has 0 aliphatic carbocycles. The summed E-state index contributed by atoms with van der Waals surface area (Å²) < 4.78 is 19.5. The standard InChI is InChI=1S/C18H25FN2O2/c1-14(22)20-10-6-15(7-11-20)21-12-8-16(9-13-21)23-18-5-3-2-4-17(18)19/h2-5,15-16H,6-13H2,1H3. The molecule has 126 valence electrons. The minimum Gasteiger partial charge on any atom is -0.487 e. The molecule has 23 heavy (non-hydrogen) atoms. The third kappa shape index (κ3) is 4.02. The Labute approximate surface area is 137 Å². The normalized spacial score (nSPS) is 21.4. The van der Waals surface area contributed by atoms with Crippen molar-refractivity contribution in [3.63, 3.8) is 0 Å². The summed E-state index contributed by atoms with van der Waals surface area (Å²) in [5.41, 5.74) is 0. The van der Waals surface area contributed by atoms with Crippen LogP contribution in [0.2, 0.25) is 0 Å². The number of nitrogens with zero attached hydrogens (tertiary/aromatic N) is 2. The molecule has 1 aromatic carbocycles. The van der Waals surface area contributed by atoms with E-state index in [1.165, 1.54) is 6.07 Å². The summed E-state index contributed by atoms with van der Waals surface area (Å²) in [5, 5.41) is 0. The van der Waals surface area contributed by atoms with Crippen molar-refractivity contribution in [1.29, 1.82) is 0 Å². The van der Waals surface area contributed by atoms with E-state index in [1.807, 2.05) is 4.90 Å². The highest BCUT2D eigenvalue weighted by molar-refractivity contribution is 5.73. The second-order valence-electron chi connectivity index (χ2n) is 6.52. The zero-order valence-corrected chi connectivity index (χ0v) is 13.7. The Hall–Kier alpha value is -1.62. The fraction of sp³-hybridized carbons (Fsp3) is 0.611. The van der Waals surface area contributed by atoms with Crippen LogP contribution in [0.25, 0.3) is 0 Å². The van der Waals surface area contributed by atoms with Crippen LogP contribution in [0.4, 0.5) is 4.39 Å². The minimum atomic E-state index is -0.286. The molecule has 4 nitrogen and oxygen atoms in total. The van der Waals surface area contributed by atoms with Gasteiger partial charge < -0.3 is 9.64 Å². The Morgan fingerprint density at radius 3 is 2.35 bits per heavy atom. The van der Waals surface area contributed by atoms with Crippen molar-refractivity contribution >= 4 is 5.91 Å². The van der Waals surface area contributed by atoms with Crippen molar-refractivity contribution in [2.24, 2.45) is 0 Å². The van der Waals surface area contributed by atoms with Crippen molar-refractivity contribution in [3.8, 4) is 5.75 Å². The van der Waals surface area contributed by atoms with E-state index in [4.69, 9.17) is 4.74 Å². The summed E-state index contributed by atoms with van der Waals surface area (Å²) in [6, 6.07) is 7.18. The molecule has 1 amide bonds. The van der Waals surface area contributed by atoms with Crippen LogP contribution in [0, 0.1) is 5.82 Å². The minimum absolute atomic E-state index is 0.0976. The van der Waals surface area contributed by atoms with Crippen LogP contribution in [0.3, 0.4) is 0 Å². The van der Waals surface area contributed by atoms with Gasteiger partial charge in [-0.15, -0.1) is 0 Å². The van der Waals surface area contributed by atoms with Gasteiger partial charge in [0.1, 0.15) is 6.10 Å². The van der Waals surface area contributed by atoms with Gasteiger partial charge in [0.25, 0.3) is 0 Å². The van der Waals surface area contributed by atoms with E-state index in [9.17, 15) is 9.18 Å². The molecule has 2 aliphatic rings. The number of rotatable bonds is 3. The van der Waals surface area contributed by atoms with E-state index in [2.05, 4.69) is 4.90 Å². The molecule has 0 N–H and O–H groups in total. The maximum atomic E-state index is 13.6. The van der Waals surface area contributed by atoms with Crippen LogP contribution in [0.1, 0.15) is 32.6 Å². The Morgan fingerprint density at radius 2 is 1.74 bits per heavy atom. The molecule has 0 atom stereocenters. The maximum Gasteiger partial charge on any atom is 0.219 e. The van der Waals surface area contributed by atoms with Gasteiger partial charge in [-0.3, -0.25) is 9.69 Å². The van der Waals surface area contributed by atoms with Crippen molar-refractivity contribution in [2.75, 3.05) is 26.2 Å². The molecule has 3 rings (SSSR count). The molecule has 0 radical (unpaired) electrons. The topological polar surface area (TPSA) is 32.8 Å². The van der Waals surface area contributed by atoms with Gasteiger partial charge in [-0.25, -0.2) is 4.39 Å². The quantitative estimate of drug-likeness (QED) is 0.858.